The lowest BCUT2D eigenvalue weighted by molar-refractivity contribution is -0.121. The fourth-order valence-electron chi connectivity index (χ4n) is 2.90. The molecule has 4 atom stereocenters. The van der Waals surface area contributed by atoms with Crippen LogP contribution in [0.1, 0.15) is 45.1 Å². The predicted molar refractivity (Wildman–Crippen MR) is 80.6 cm³/mol. The first-order valence-corrected chi connectivity index (χ1v) is 7.63. The number of carbonyl (C=O) groups excluding carboxylic acids is 1. The van der Waals surface area contributed by atoms with E-state index in [1.54, 1.807) is 12.1 Å². The first kappa shape index (κ1) is 16.0. The van der Waals surface area contributed by atoms with Crippen LogP contribution in [0.25, 0.3) is 0 Å². The van der Waals surface area contributed by atoms with Crippen molar-refractivity contribution >= 4 is 5.91 Å². The molecule has 4 heteroatoms. The van der Waals surface area contributed by atoms with Gasteiger partial charge < -0.3 is 10.1 Å². The molecule has 116 valence electrons. The average Bonchev–Trinajstić information content (AvgIpc) is 2.75. The van der Waals surface area contributed by atoms with Gasteiger partial charge in [0.15, 0.2) is 0 Å². The summed E-state index contributed by atoms with van der Waals surface area (Å²) in [4.78, 5) is 12.0. The second-order valence-electron chi connectivity index (χ2n) is 6.11. The van der Waals surface area contributed by atoms with Gasteiger partial charge in [-0.25, -0.2) is 4.39 Å². The molecule has 1 fully saturated rings. The van der Waals surface area contributed by atoms with E-state index in [1.807, 2.05) is 6.92 Å². The summed E-state index contributed by atoms with van der Waals surface area (Å²) in [5.74, 6) is 0.269. The molecule has 0 spiro atoms. The van der Waals surface area contributed by atoms with Gasteiger partial charge in [-0.2, -0.15) is 0 Å². The maximum atomic E-state index is 12.9. The van der Waals surface area contributed by atoms with E-state index in [-0.39, 0.29) is 29.9 Å². The number of rotatable bonds is 5. The molecule has 1 aliphatic rings. The van der Waals surface area contributed by atoms with E-state index >= 15 is 0 Å². The predicted octanol–water partition coefficient (Wildman–Crippen LogP) is 3.25. The summed E-state index contributed by atoms with van der Waals surface area (Å²) >= 11 is 0. The molecule has 1 N–H and O–H groups in total. The van der Waals surface area contributed by atoms with Gasteiger partial charge in [-0.3, -0.25) is 4.79 Å². The SMILES string of the molecule is CC1CC(CNC(=O)CC(C)c2ccc(F)cc2)C(C)O1. The van der Waals surface area contributed by atoms with Gasteiger partial charge in [0.2, 0.25) is 5.91 Å². The molecule has 0 aliphatic carbocycles. The van der Waals surface area contributed by atoms with Crippen molar-refractivity contribution < 1.29 is 13.9 Å². The number of ether oxygens (including phenoxy) is 1. The highest BCUT2D eigenvalue weighted by Gasteiger charge is 2.29. The second-order valence-corrected chi connectivity index (χ2v) is 6.11. The summed E-state index contributed by atoms with van der Waals surface area (Å²) in [7, 11) is 0. The number of hydrogen-bond donors (Lipinski definition) is 1. The monoisotopic (exact) mass is 293 g/mol. The van der Waals surface area contributed by atoms with Crippen LogP contribution in [0, 0.1) is 11.7 Å². The number of nitrogens with one attached hydrogen (secondary N) is 1. The number of amides is 1. The van der Waals surface area contributed by atoms with Gasteiger partial charge in [0, 0.05) is 18.9 Å². The summed E-state index contributed by atoms with van der Waals surface area (Å²) in [6.45, 7) is 6.77. The molecule has 1 aromatic carbocycles. The maximum Gasteiger partial charge on any atom is 0.220 e. The highest BCUT2D eigenvalue weighted by molar-refractivity contribution is 5.76. The van der Waals surface area contributed by atoms with Gasteiger partial charge in [-0.15, -0.1) is 0 Å². The Kier molecular flexibility index (Phi) is 5.34. The van der Waals surface area contributed by atoms with Gasteiger partial charge in [0.25, 0.3) is 0 Å². The smallest absolute Gasteiger partial charge is 0.220 e. The number of carbonyl (C=O) groups is 1. The molecule has 0 saturated carbocycles. The number of hydrogen-bond acceptors (Lipinski definition) is 2. The Bertz CT molecular complexity index is 474. The van der Waals surface area contributed by atoms with Crippen LogP contribution in [0.3, 0.4) is 0 Å². The third-order valence-corrected chi connectivity index (χ3v) is 4.24. The van der Waals surface area contributed by atoms with Crippen molar-refractivity contribution in [3.63, 3.8) is 0 Å². The van der Waals surface area contributed by atoms with Crippen LogP contribution in [-0.4, -0.2) is 24.7 Å². The minimum Gasteiger partial charge on any atom is -0.375 e. The van der Waals surface area contributed by atoms with Crippen LogP contribution < -0.4 is 5.32 Å². The Balaban J connectivity index is 1.77. The summed E-state index contributed by atoms with van der Waals surface area (Å²) in [5, 5.41) is 2.99. The van der Waals surface area contributed by atoms with E-state index in [1.165, 1.54) is 12.1 Å². The normalized spacial score (nSPS) is 26.6. The molecule has 1 aliphatic heterocycles. The molecular weight excluding hydrogens is 269 g/mol. The van der Waals surface area contributed by atoms with E-state index in [2.05, 4.69) is 19.2 Å². The minimum atomic E-state index is -0.250. The van der Waals surface area contributed by atoms with Gasteiger partial charge in [-0.05, 0) is 43.9 Å². The fourth-order valence-corrected chi connectivity index (χ4v) is 2.90. The van der Waals surface area contributed by atoms with Crippen LogP contribution in [0.15, 0.2) is 24.3 Å². The van der Waals surface area contributed by atoms with Crippen molar-refractivity contribution in [1.82, 2.24) is 5.32 Å². The average molecular weight is 293 g/mol. The van der Waals surface area contributed by atoms with Gasteiger partial charge in [-0.1, -0.05) is 19.1 Å². The highest BCUT2D eigenvalue weighted by Crippen LogP contribution is 2.25. The lowest BCUT2D eigenvalue weighted by atomic mass is 9.97. The fraction of sp³-hybridized carbons (Fsp3) is 0.588. The second kappa shape index (κ2) is 7.03. The molecule has 0 bridgehead atoms. The topological polar surface area (TPSA) is 38.3 Å². The van der Waals surface area contributed by atoms with Crippen molar-refractivity contribution in [2.45, 2.75) is 51.7 Å². The standard InChI is InChI=1S/C17H24FNO2/c1-11(14-4-6-16(18)7-5-14)8-17(20)19-10-15-9-12(2)21-13(15)3/h4-7,11-13,15H,8-10H2,1-3H3,(H,19,20). The number of halogens is 1. The Morgan fingerprint density at radius 3 is 2.62 bits per heavy atom. The highest BCUT2D eigenvalue weighted by atomic mass is 19.1. The zero-order valence-electron chi connectivity index (χ0n) is 12.9. The Morgan fingerprint density at radius 2 is 2.05 bits per heavy atom. The molecule has 3 nitrogen and oxygen atoms in total. The van der Waals surface area contributed by atoms with Crippen molar-refractivity contribution in [1.29, 1.82) is 0 Å². The third kappa shape index (κ3) is 4.53. The van der Waals surface area contributed by atoms with E-state index in [0.717, 1.165) is 12.0 Å². The molecule has 1 aromatic rings. The molecule has 1 saturated heterocycles. The first-order chi connectivity index (χ1) is 9.95. The Hall–Kier alpha value is -1.42. The number of benzene rings is 1. The molecular formula is C17H24FNO2. The zero-order valence-corrected chi connectivity index (χ0v) is 12.9. The van der Waals surface area contributed by atoms with E-state index in [9.17, 15) is 9.18 Å². The van der Waals surface area contributed by atoms with Crippen LogP contribution in [-0.2, 0) is 9.53 Å². The largest absolute Gasteiger partial charge is 0.375 e. The molecule has 4 unspecified atom stereocenters. The van der Waals surface area contributed by atoms with Gasteiger partial charge in [0.1, 0.15) is 5.82 Å². The maximum absolute atomic E-state index is 12.9. The van der Waals surface area contributed by atoms with E-state index in [4.69, 9.17) is 4.74 Å². The summed E-state index contributed by atoms with van der Waals surface area (Å²) in [5.41, 5.74) is 0.984. The molecule has 1 heterocycles. The minimum absolute atomic E-state index is 0.0404. The first-order valence-electron chi connectivity index (χ1n) is 7.63. The summed E-state index contributed by atoms with van der Waals surface area (Å²) < 4.78 is 18.6. The van der Waals surface area contributed by atoms with Crippen LogP contribution in [0.5, 0.6) is 0 Å². The quantitative estimate of drug-likeness (QED) is 0.905. The summed E-state index contributed by atoms with van der Waals surface area (Å²) in [6.07, 6.45) is 1.90. The van der Waals surface area contributed by atoms with Crippen LogP contribution in [0.2, 0.25) is 0 Å². The van der Waals surface area contributed by atoms with Crippen molar-refractivity contribution in [3.8, 4) is 0 Å². The Labute approximate surface area is 125 Å². The van der Waals surface area contributed by atoms with E-state index in [0.29, 0.717) is 18.9 Å². The molecule has 0 radical (unpaired) electrons. The third-order valence-electron chi connectivity index (χ3n) is 4.24. The van der Waals surface area contributed by atoms with E-state index < -0.39 is 0 Å². The molecule has 21 heavy (non-hydrogen) atoms. The lowest BCUT2D eigenvalue weighted by Gasteiger charge is -2.16. The lowest BCUT2D eigenvalue weighted by Crippen LogP contribution is -2.32. The Morgan fingerprint density at radius 1 is 1.38 bits per heavy atom. The molecule has 1 amide bonds. The van der Waals surface area contributed by atoms with Crippen LogP contribution in [0.4, 0.5) is 4.39 Å². The van der Waals surface area contributed by atoms with Crippen molar-refractivity contribution in [2.75, 3.05) is 6.54 Å². The van der Waals surface area contributed by atoms with Crippen molar-refractivity contribution in [2.24, 2.45) is 5.92 Å². The van der Waals surface area contributed by atoms with Crippen LogP contribution >= 0.6 is 0 Å². The van der Waals surface area contributed by atoms with Gasteiger partial charge in [0.05, 0.1) is 12.2 Å². The zero-order chi connectivity index (χ0) is 15.4. The summed E-state index contributed by atoms with van der Waals surface area (Å²) in [6, 6.07) is 6.34. The molecule has 0 aromatic heterocycles. The van der Waals surface area contributed by atoms with Crippen molar-refractivity contribution in [3.05, 3.63) is 35.6 Å². The molecule has 2 rings (SSSR count). The van der Waals surface area contributed by atoms with Gasteiger partial charge >= 0.3 is 0 Å².